The van der Waals surface area contributed by atoms with Gasteiger partial charge in [-0.3, -0.25) is 19.7 Å². The second-order valence-electron chi connectivity index (χ2n) is 9.90. The molecule has 35 heavy (non-hydrogen) atoms. The maximum atomic E-state index is 13.2. The fourth-order valence-electron chi connectivity index (χ4n) is 6.84. The quantitative estimate of drug-likeness (QED) is 0.368. The van der Waals surface area contributed by atoms with E-state index >= 15 is 0 Å². The molecule has 1 fully saturated rings. The Bertz CT molecular complexity index is 1900. The van der Waals surface area contributed by atoms with Gasteiger partial charge in [-0.2, -0.15) is 0 Å². The Morgan fingerprint density at radius 3 is 2.20 bits per heavy atom. The van der Waals surface area contributed by atoms with Gasteiger partial charge in [0.2, 0.25) is 0 Å². The van der Waals surface area contributed by atoms with Crippen LogP contribution in [0.5, 0.6) is 0 Å². The van der Waals surface area contributed by atoms with Crippen molar-refractivity contribution in [2.24, 2.45) is 0 Å². The van der Waals surface area contributed by atoms with Gasteiger partial charge < -0.3 is 19.0 Å². The van der Waals surface area contributed by atoms with Gasteiger partial charge in [0.05, 0.1) is 33.2 Å². The van der Waals surface area contributed by atoms with Crippen molar-refractivity contribution in [1.82, 2.24) is 14.5 Å². The molecular weight excluding hydrogens is 446 g/mol. The second kappa shape index (κ2) is 5.62. The van der Waals surface area contributed by atoms with E-state index < -0.39 is 35.2 Å². The minimum Gasteiger partial charge on any atom is -0.377 e. The molecule has 172 valence electrons. The van der Waals surface area contributed by atoms with Crippen molar-refractivity contribution in [3.63, 3.8) is 0 Å². The third-order valence-corrected chi connectivity index (χ3v) is 8.34. The van der Waals surface area contributed by atoms with Crippen molar-refractivity contribution in [1.29, 1.82) is 0 Å². The lowest BCUT2D eigenvalue weighted by atomic mass is 9.85. The Kier molecular flexibility index (Phi) is 3.10. The van der Waals surface area contributed by atoms with Gasteiger partial charge in [-0.1, -0.05) is 36.4 Å². The predicted octanol–water partition coefficient (Wildman–Crippen LogP) is 3.71. The van der Waals surface area contributed by atoms with E-state index in [0.29, 0.717) is 32.9 Å². The number of rotatable bonds is 1. The fraction of sp³-hybridized carbons (Fsp3) is 0.222. The number of carbonyl (C=O) groups excluding carboxylic acids is 3. The van der Waals surface area contributed by atoms with E-state index in [4.69, 9.17) is 4.74 Å². The highest BCUT2D eigenvalue weighted by Crippen LogP contribution is 2.57. The maximum Gasteiger partial charge on any atom is 0.259 e. The number of hydrogen-bond acceptors (Lipinski definition) is 5. The lowest BCUT2D eigenvalue weighted by Crippen LogP contribution is -2.55. The number of nitrogens with zero attached hydrogens (tertiary/aromatic N) is 2. The van der Waals surface area contributed by atoms with Crippen LogP contribution in [0.1, 0.15) is 47.2 Å². The van der Waals surface area contributed by atoms with Gasteiger partial charge >= 0.3 is 0 Å². The molecule has 2 aromatic heterocycles. The topological polar surface area (TPSA) is 103 Å². The number of carbonyl (C=O) groups is 3. The molecule has 8 rings (SSSR count). The van der Waals surface area contributed by atoms with Crippen LogP contribution in [0.3, 0.4) is 0 Å². The highest BCUT2D eigenvalue weighted by atomic mass is 16.6. The van der Waals surface area contributed by atoms with E-state index in [1.165, 1.54) is 6.92 Å². The molecule has 3 atom stereocenters. The average Bonchev–Trinajstić information content (AvgIpc) is 3.49. The normalized spacial score (nSPS) is 26.9. The summed E-state index contributed by atoms with van der Waals surface area (Å²) >= 11 is 0. The van der Waals surface area contributed by atoms with Crippen LogP contribution >= 0.6 is 0 Å². The number of aromatic nitrogens is 2. The van der Waals surface area contributed by atoms with Gasteiger partial charge in [0.25, 0.3) is 11.8 Å². The van der Waals surface area contributed by atoms with E-state index in [0.717, 1.165) is 21.8 Å². The van der Waals surface area contributed by atoms with Crippen molar-refractivity contribution >= 4 is 61.2 Å². The lowest BCUT2D eigenvalue weighted by molar-refractivity contribution is -0.184. The zero-order valence-electron chi connectivity index (χ0n) is 18.9. The number of hydrogen-bond donors (Lipinski definition) is 2. The molecule has 8 heteroatoms. The molecule has 3 aromatic carbocycles. The summed E-state index contributed by atoms with van der Waals surface area (Å²) in [6, 6.07) is 15.2. The molecule has 2 N–H and O–H groups in total. The summed E-state index contributed by atoms with van der Waals surface area (Å²) in [7, 11) is 0. The van der Waals surface area contributed by atoms with Crippen molar-refractivity contribution in [2.45, 2.75) is 37.8 Å². The lowest BCUT2D eigenvalue weighted by Gasteiger charge is -2.38. The number of ether oxygens (including phenoxy) is 1. The number of amides is 2. The molecule has 5 aromatic rings. The van der Waals surface area contributed by atoms with Crippen LogP contribution in [0.25, 0.3) is 43.6 Å². The Balaban J connectivity index is 1.78. The van der Waals surface area contributed by atoms with Gasteiger partial charge in [0.1, 0.15) is 6.23 Å². The number of Topliss-reactive ketones (excluding diaryl/α,β-unsaturated/α-hetero) is 1. The Hall–Kier alpha value is -4.01. The molecule has 2 bridgehead atoms. The standard InChI is InChI=1S/C27H19N3O5/c1-12(31)27(34)11-17-29-15-9-5-3-7-13(15)18-20-21(25(33)28-24(20)32)19-14-8-4-6-10-16(14)30(23(19)22(18)29)26(27,2)35-17/h3-10,17,34H,11H2,1-2H3,(H,28,32,33)/t17?,26-,27-/m0/s1. The highest BCUT2D eigenvalue weighted by molar-refractivity contribution is 6.39. The minimum absolute atomic E-state index is 0.0578. The van der Waals surface area contributed by atoms with Crippen molar-refractivity contribution in [2.75, 3.05) is 0 Å². The predicted molar refractivity (Wildman–Crippen MR) is 128 cm³/mol. The number of para-hydroxylation sites is 2. The van der Waals surface area contributed by atoms with Crippen LogP contribution in [-0.2, 0) is 15.3 Å². The molecule has 5 heterocycles. The van der Waals surface area contributed by atoms with E-state index in [9.17, 15) is 19.5 Å². The maximum absolute atomic E-state index is 13.2. The van der Waals surface area contributed by atoms with Crippen LogP contribution in [0.4, 0.5) is 0 Å². The summed E-state index contributed by atoms with van der Waals surface area (Å²) in [5.74, 6) is -1.26. The smallest absolute Gasteiger partial charge is 0.259 e. The number of fused-ring (bicyclic) bond motifs is 13. The van der Waals surface area contributed by atoms with Gasteiger partial charge in [-0.05, 0) is 26.0 Å². The fourth-order valence-corrected chi connectivity index (χ4v) is 6.84. The molecule has 0 radical (unpaired) electrons. The molecule has 8 nitrogen and oxygen atoms in total. The Morgan fingerprint density at radius 1 is 0.971 bits per heavy atom. The van der Waals surface area contributed by atoms with Gasteiger partial charge in [-0.15, -0.1) is 0 Å². The summed E-state index contributed by atoms with van der Waals surface area (Å²) in [6.07, 6.45) is -0.598. The summed E-state index contributed by atoms with van der Waals surface area (Å²) in [5, 5.41) is 17.3. The molecule has 2 amide bonds. The summed E-state index contributed by atoms with van der Waals surface area (Å²) in [4.78, 5) is 39.4. The molecular formula is C27H19N3O5. The summed E-state index contributed by atoms with van der Waals surface area (Å²) < 4.78 is 10.5. The minimum atomic E-state index is -1.81. The van der Waals surface area contributed by atoms with Crippen LogP contribution in [0, 0.1) is 0 Å². The molecule has 0 aliphatic carbocycles. The van der Waals surface area contributed by atoms with Crippen LogP contribution in [0.2, 0.25) is 0 Å². The van der Waals surface area contributed by atoms with Crippen molar-refractivity contribution < 1.29 is 24.2 Å². The van der Waals surface area contributed by atoms with E-state index in [-0.39, 0.29) is 6.42 Å². The molecule has 0 spiro atoms. The SMILES string of the molecule is CC(=O)[C@@]1(O)CC2O[C@]1(C)n1c3ccccc3c3c4c(c5c6ccccc6n2c5c31)C(=O)NC4=O. The number of nitrogens with one attached hydrogen (secondary N) is 1. The van der Waals surface area contributed by atoms with Gasteiger partial charge in [0.15, 0.2) is 17.1 Å². The highest BCUT2D eigenvalue weighted by Gasteiger charge is 2.63. The zero-order chi connectivity index (χ0) is 24.0. The van der Waals surface area contributed by atoms with Crippen molar-refractivity contribution in [3.8, 4) is 0 Å². The van der Waals surface area contributed by atoms with E-state index in [1.54, 1.807) is 6.92 Å². The Morgan fingerprint density at radius 2 is 1.54 bits per heavy atom. The molecule has 0 saturated carbocycles. The van der Waals surface area contributed by atoms with Gasteiger partial charge in [-0.25, -0.2) is 0 Å². The number of ketones is 1. The molecule has 3 aliphatic rings. The molecule has 1 unspecified atom stereocenters. The van der Waals surface area contributed by atoms with Crippen molar-refractivity contribution in [3.05, 3.63) is 59.7 Å². The second-order valence-corrected chi connectivity index (χ2v) is 9.90. The van der Waals surface area contributed by atoms with Crippen LogP contribution in [0.15, 0.2) is 48.5 Å². The van der Waals surface area contributed by atoms with E-state index in [2.05, 4.69) is 5.32 Å². The van der Waals surface area contributed by atoms with E-state index in [1.807, 2.05) is 57.7 Å². The number of imide groups is 1. The summed E-state index contributed by atoms with van der Waals surface area (Å²) in [6.45, 7) is 3.12. The largest absolute Gasteiger partial charge is 0.377 e. The summed E-state index contributed by atoms with van der Waals surface area (Å²) in [5.41, 5.74) is 0.396. The Labute approximate surface area is 197 Å². The number of aliphatic hydroxyl groups is 1. The first-order valence-electron chi connectivity index (χ1n) is 11.6. The number of benzene rings is 3. The monoisotopic (exact) mass is 465 g/mol. The van der Waals surface area contributed by atoms with Crippen LogP contribution in [-0.4, -0.2) is 37.4 Å². The van der Waals surface area contributed by atoms with Gasteiger partial charge in [0, 0.05) is 28.0 Å². The third kappa shape index (κ3) is 1.84. The first-order valence-corrected chi connectivity index (χ1v) is 11.6. The third-order valence-electron chi connectivity index (χ3n) is 8.34. The first kappa shape index (κ1) is 19.3. The molecule has 3 aliphatic heterocycles. The molecule has 1 saturated heterocycles. The first-order chi connectivity index (χ1) is 16.8. The van der Waals surface area contributed by atoms with Crippen LogP contribution < -0.4 is 5.32 Å². The zero-order valence-corrected chi connectivity index (χ0v) is 18.9. The average molecular weight is 465 g/mol.